The molecule has 5 nitrogen and oxygen atoms in total. The zero-order chi connectivity index (χ0) is 17.4. The van der Waals surface area contributed by atoms with Crippen LogP contribution >= 0.6 is 11.8 Å². The van der Waals surface area contributed by atoms with Gasteiger partial charge in [-0.1, -0.05) is 56.8 Å². The van der Waals surface area contributed by atoms with E-state index in [0.717, 1.165) is 22.3 Å². The van der Waals surface area contributed by atoms with Crippen LogP contribution in [0.15, 0.2) is 29.4 Å². The first kappa shape index (κ1) is 17.5. The van der Waals surface area contributed by atoms with Crippen LogP contribution in [0.3, 0.4) is 0 Å². The average Bonchev–Trinajstić information content (AvgIpc) is 2.87. The molecule has 0 unspecified atom stereocenters. The number of aliphatic hydroxyl groups is 1. The molecule has 0 bridgehead atoms. The van der Waals surface area contributed by atoms with E-state index in [9.17, 15) is 5.11 Å². The molecule has 1 fully saturated rings. The van der Waals surface area contributed by atoms with Crippen LogP contribution in [-0.4, -0.2) is 45.4 Å². The highest BCUT2D eigenvalue weighted by atomic mass is 32.2. The highest BCUT2D eigenvalue weighted by Crippen LogP contribution is 2.34. The summed E-state index contributed by atoms with van der Waals surface area (Å²) in [4.78, 5) is 0. The van der Waals surface area contributed by atoms with Crippen molar-refractivity contribution in [1.29, 1.82) is 0 Å². The molecule has 24 heavy (non-hydrogen) atoms. The molecule has 0 amide bonds. The van der Waals surface area contributed by atoms with Gasteiger partial charge in [0.1, 0.15) is 0 Å². The monoisotopic (exact) mass is 347 g/mol. The van der Waals surface area contributed by atoms with Crippen LogP contribution in [0.2, 0.25) is 0 Å². The van der Waals surface area contributed by atoms with Gasteiger partial charge in [0.05, 0.1) is 19.8 Å². The third-order valence-corrected chi connectivity index (χ3v) is 5.87. The van der Waals surface area contributed by atoms with Gasteiger partial charge in [-0.2, -0.15) is 0 Å². The SMILES string of the molecule is Cn1c(SCC2(CO)COC2)nnc1-c1ccc(C(C)(C)C)cc1. The molecule has 1 aliphatic heterocycles. The Balaban J connectivity index is 1.75. The van der Waals surface area contributed by atoms with Crippen molar-refractivity contribution >= 4 is 11.8 Å². The Morgan fingerprint density at radius 2 is 1.88 bits per heavy atom. The normalized spacial score (nSPS) is 16.9. The quantitative estimate of drug-likeness (QED) is 0.843. The Morgan fingerprint density at radius 1 is 1.21 bits per heavy atom. The largest absolute Gasteiger partial charge is 0.396 e. The lowest BCUT2D eigenvalue weighted by molar-refractivity contribution is -0.121. The number of hydrogen-bond acceptors (Lipinski definition) is 5. The summed E-state index contributed by atoms with van der Waals surface area (Å²) >= 11 is 1.63. The molecule has 1 aromatic heterocycles. The topological polar surface area (TPSA) is 60.2 Å². The highest BCUT2D eigenvalue weighted by Gasteiger charge is 2.38. The van der Waals surface area contributed by atoms with E-state index < -0.39 is 0 Å². The van der Waals surface area contributed by atoms with E-state index in [2.05, 4.69) is 55.2 Å². The molecule has 1 aliphatic rings. The van der Waals surface area contributed by atoms with Crippen LogP contribution in [0.4, 0.5) is 0 Å². The number of ether oxygens (including phenoxy) is 1. The zero-order valence-corrected chi connectivity index (χ0v) is 15.6. The van der Waals surface area contributed by atoms with E-state index in [1.165, 1.54) is 5.56 Å². The third kappa shape index (κ3) is 3.36. The Morgan fingerprint density at radius 3 is 2.38 bits per heavy atom. The molecule has 1 aromatic carbocycles. The highest BCUT2D eigenvalue weighted by molar-refractivity contribution is 7.99. The Hall–Kier alpha value is -1.37. The second-order valence-corrected chi connectivity index (χ2v) is 8.57. The lowest BCUT2D eigenvalue weighted by Gasteiger charge is -2.39. The van der Waals surface area contributed by atoms with Crippen molar-refractivity contribution in [3.8, 4) is 11.4 Å². The average molecular weight is 347 g/mol. The number of rotatable bonds is 5. The van der Waals surface area contributed by atoms with Crippen molar-refractivity contribution in [3.63, 3.8) is 0 Å². The zero-order valence-electron chi connectivity index (χ0n) is 14.7. The summed E-state index contributed by atoms with van der Waals surface area (Å²) in [5.41, 5.74) is 2.39. The maximum Gasteiger partial charge on any atom is 0.191 e. The Labute approximate surface area is 147 Å². The molecule has 6 heteroatoms. The fraction of sp³-hybridized carbons (Fsp3) is 0.556. The first-order valence-corrected chi connectivity index (χ1v) is 9.15. The molecular formula is C18H25N3O2S. The lowest BCUT2D eigenvalue weighted by atomic mass is 9.87. The molecule has 0 saturated carbocycles. The maximum atomic E-state index is 9.52. The number of hydrogen-bond donors (Lipinski definition) is 1. The van der Waals surface area contributed by atoms with Crippen LogP contribution in [0.25, 0.3) is 11.4 Å². The first-order chi connectivity index (χ1) is 11.3. The van der Waals surface area contributed by atoms with E-state index in [4.69, 9.17) is 4.74 Å². The van der Waals surface area contributed by atoms with Crippen LogP contribution < -0.4 is 0 Å². The fourth-order valence-corrected chi connectivity index (χ4v) is 3.71. The van der Waals surface area contributed by atoms with E-state index >= 15 is 0 Å². The molecule has 3 rings (SSSR count). The fourth-order valence-electron chi connectivity index (χ4n) is 2.64. The van der Waals surface area contributed by atoms with Gasteiger partial charge in [-0.15, -0.1) is 10.2 Å². The predicted octanol–water partition coefficient (Wildman–Crippen LogP) is 2.88. The van der Waals surface area contributed by atoms with Crippen LogP contribution in [0, 0.1) is 5.41 Å². The first-order valence-electron chi connectivity index (χ1n) is 8.16. The van der Waals surface area contributed by atoms with Gasteiger partial charge in [-0.25, -0.2) is 0 Å². The molecule has 0 atom stereocenters. The second kappa shape index (κ2) is 6.50. The summed E-state index contributed by atoms with van der Waals surface area (Å²) in [7, 11) is 1.98. The van der Waals surface area contributed by atoms with Gasteiger partial charge in [-0.3, -0.25) is 0 Å². The molecule has 1 N–H and O–H groups in total. The van der Waals surface area contributed by atoms with Crippen molar-refractivity contribution in [2.45, 2.75) is 31.3 Å². The van der Waals surface area contributed by atoms with Crippen molar-refractivity contribution in [1.82, 2.24) is 14.8 Å². The second-order valence-electron chi connectivity index (χ2n) is 7.63. The summed E-state index contributed by atoms with van der Waals surface area (Å²) in [6.45, 7) is 8.02. The minimum Gasteiger partial charge on any atom is -0.396 e. The minimum absolute atomic E-state index is 0.120. The summed E-state index contributed by atoms with van der Waals surface area (Å²) in [6, 6.07) is 8.52. The van der Waals surface area contributed by atoms with Gasteiger partial charge in [0.25, 0.3) is 0 Å². The number of thioether (sulfide) groups is 1. The number of aliphatic hydroxyl groups excluding tert-OH is 1. The minimum atomic E-state index is -0.120. The van der Waals surface area contributed by atoms with Crippen LogP contribution in [-0.2, 0) is 17.2 Å². The summed E-state index contributed by atoms with van der Waals surface area (Å²) in [5.74, 6) is 1.65. The summed E-state index contributed by atoms with van der Waals surface area (Å²) < 4.78 is 7.26. The van der Waals surface area contributed by atoms with Gasteiger partial charge in [-0.05, 0) is 11.0 Å². The predicted molar refractivity (Wildman–Crippen MR) is 96.2 cm³/mol. The van der Waals surface area contributed by atoms with Gasteiger partial charge in [0.2, 0.25) is 0 Å². The molecular weight excluding hydrogens is 322 g/mol. The molecule has 1 saturated heterocycles. The van der Waals surface area contributed by atoms with Crippen molar-refractivity contribution in [3.05, 3.63) is 29.8 Å². The van der Waals surface area contributed by atoms with E-state index in [-0.39, 0.29) is 17.4 Å². The van der Waals surface area contributed by atoms with Crippen LogP contribution in [0.5, 0.6) is 0 Å². The Kier molecular flexibility index (Phi) is 4.73. The van der Waals surface area contributed by atoms with Crippen molar-refractivity contribution < 1.29 is 9.84 Å². The van der Waals surface area contributed by atoms with E-state index in [1.807, 2.05) is 11.6 Å². The third-order valence-electron chi connectivity index (χ3n) is 4.50. The van der Waals surface area contributed by atoms with Crippen LogP contribution in [0.1, 0.15) is 26.3 Å². The molecule has 2 aromatic rings. The van der Waals surface area contributed by atoms with Gasteiger partial charge < -0.3 is 14.4 Å². The van der Waals surface area contributed by atoms with E-state index in [0.29, 0.717) is 13.2 Å². The maximum absolute atomic E-state index is 9.52. The van der Waals surface area contributed by atoms with Crippen molar-refractivity contribution in [2.75, 3.05) is 25.6 Å². The summed E-state index contributed by atoms with van der Waals surface area (Å²) in [5, 5.41) is 19.0. The molecule has 2 heterocycles. The van der Waals surface area contributed by atoms with Gasteiger partial charge in [0, 0.05) is 23.8 Å². The number of nitrogens with zero attached hydrogens (tertiary/aromatic N) is 3. The number of aromatic nitrogens is 3. The van der Waals surface area contributed by atoms with Gasteiger partial charge >= 0.3 is 0 Å². The van der Waals surface area contributed by atoms with Gasteiger partial charge in [0.15, 0.2) is 11.0 Å². The smallest absolute Gasteiger partial charge is 0.191 e. The molecule has 130 valence electrons. The van der Waals surface area contributed by atoms with E-state index in [1.54, 1.807) is 11.8 Å². The summed E-state index contributed by atoms with van der Waals surface area (Å²) in [6.07, 6.45) is 0. The molecule has 0 radical (unpaired) electrons. The Bertz CT molecular complexity index is 695. The molecule has 0 spiro atoms. The lowest BCUT2D eigenvalue weighted by Crippen LogP contribution is -2.47. The molecule has 0 aliphatic carbocycles. The standard InChI is InChI=1S/C18H25N3O2S/c1-17(2,3)14-7-5-13(6-8-14)15-19-20-16(21(15)4)24-12-18(9-22)10-23-11-18/h5-8,22H,9-12H2,1-4H3. The number of benzene rings is 1. The van der Waals surface area contributed by atoms with Crippen molar-refractivity contribution in [2.24, 2.45) is 12.5 Å².